The quantitative estimate of drug-likeness (QED) is 0.523. The van der Waals surface area contributed by atoms with Gasteiger partial charge in [0.05, 0.1) is 16.6 Å². The number of nitrogens with one attached hydrogen (secondary N) is 1. The number of ether oxygens (including phenoxy) is 1. The Hall–Kier alpha value is -2.58. The molecule has 0 bridgehead atoms. The summed E-state index contributed by atoms with van der Waals surface area (Å²) >= 11 is 0. The second-order valence-corrected chi connectivity index (χ2v) is 5.34. The largest absolute Gasteiger partial charge is 0.444 e. The highest BCUT2D eigenvalue weighted by molar-refractivity contribution is 5.76. The molecule has 0 radical (unpaired) electrons. The average Bonchev–Trinajstić information content (AvgIpc) is 2.36. The van der Waals surface area contributed by atoms with Gasteiger partial charge in [-0.15, -0.1) is 0 Å². The van der Waals surface area contributed by atoms with Crippen molar-refractivity contribution in [3.8, 4) is 0 Å². The fourth-order valence-electron chi connectivity index (χ4n) is 1.58. The van der Waals surface area contributed by atoms with Gasteiger partial charge in [-0.1, -0.05) is 0 Å². The Morgan fingerprint density at radius 1 is 1.36 bits per heavy atom. The second-order valence-electron chi connectivity index (χ2n) is 5.34. The number of hydrogen-bond acceptors (Lipinski definition) is 5. The number of hydrogen-bond donors (Lipinski definition) is 1. The summed E-state index contributed by atoms with van der Waals surface area (Å²) in [6.45, 7) is 4.72. The summed E-state index contributed by atoms with van der Waals surface area (Å²) in [5.41, 5.74) is -2.17. The van der Waals surface area contributed by atoms with E-state index in [4.69, 9.17) is 4.74 Å². The normalized spacial score (nSPS) is 12.4. The molecule has 0 saturated carbocycles. The van der Waals surface area contributed by atoms with Crippen LogP contribution in [0, 0.1) is 21.7 Å². The van der Waals surface area contributed by atoms with Gasteiger partial charge in [0, 0.05) is 0 Å². The molecule has 0 heterocycles. The van der Waals surface area contributed by atoms with Crippen LogP contribution in [0.1, 0.15) is 32.4 Å². The van der Waals surface area contributed by atoms with E-state index in [0.29, 0.717) is 12.1 Å². The lowest BCUT2D eigenvalue weighted by Gasteiger charge is -2.21. The van der Waals surface area contributed by atoms with Gasteiger partial charge in [0.1, 0.15) is 17.9 Å². The van der Waals surface area contributed by atoms with Crippen LogP contribution in [0.4, 0.5) is 19.3 Å². The number of nitrogens with zero attached hydrogens (tertiary/aromatic N) is 1. The van der Waals surface area contributed by atoms with E-state index in [1.165, 1.54) is 0 Å². The zero-order chi connectivity index (χ0) is 17.1. The number of rotatable bonds is 4. The first-order chi connectivity index (χ1) is 10.0. The highest BCUT2D eigenvalue weighted by Gasteiger charge is 2.28. The Morgan fingerprint density at radius 3 is 2.36 bits per heavy atom. The molecule has 1 rings (SSSR count). The number of aldehydes is 1. The Labute approximate surface area is 124 Å². The minimum absolute atomic E-state index is 0.156. The maximum absolute atomic E-state index is 13.3. The number of nitro benzene ring substituents is 1. The molecular weight excluding hydrogens is 302 g/mol. The maximum atomic E-state index is 13.3. The number of halogens is 2. The van der Waals surface area contributed by atoms with Crippen LogP contribution in [0.25, 0.3) is 0 Å². The first-order valence-corrected chi connectivity index (χ1v) is 6.13. The summed E-state index contributed by atoms with van der Waals surface area (Å²) in [5.74, 6) is -2.81. The molecule has 0 aromatic heterocycles. The lowest BCUT2D eigenvalue weighted by atomic mass is 10.1. The van der Waals surface area contributed by atoms with Gasteiger partial charge in [0.15, 0.2) is 11.6 Å². The molecule has 1 aromatic rings. The van der Waals surface area contributed by atoms with E-state index >= 15 is 0 Å². The Balaban J connectivity index is 3.15. The molecule has 0 spiro atoms. The van der Waals surface area contributed by atoms with E-state index in [0.717, 1.165) is 0 Å². The van der Waals surface area contributed by atoms with Crippen molar-refractivity contribution in [1.29, 1.82) is 0 Å². The number of alkyl carbamates (subject to hydrolysis) is 1. The van der Waals surface area contributed by atoms with Crippen molar-refractivity contribution in [2.75, 3.05) is 0 Å². The van der Waals surface area contributed by atoms with Crippen LogP contribution in [0.3, 0.4) is 0 Å². The second kappa shape index (κ2) is 6.46. The summed E-state index contributed by atoms with van der Waals surface area (Å²) < 4.78 is 31.3. The molecule has 9 heteroatoms. The van der Waals surface area contributed by atoms with E-state index in [9.17, 15) is 28.5 Å². The molecule has 1 atom stereocenters. The van der Waals surface area contributed by atoms with E-state index in [-0.39, 0.29) is 6.29 Å². The van der Waals surface area contributed by atoms with Gasteiger partial charge >= 0.3 is 6.09 Å². The summed E-state index contributed by atoms with van der Waals surface area (Å²) in [6, 6.07) is -0.715. The molecular formula is C13H14F2N2O5. The molecule has 0 aliphatic carbocycles. The fourth-order valence-corrected chi connectivity index (χ4v) is 1.58. The molecule has 0 saturated heterocycles. The van der Waals surface area contributed by atoms with Crippen molar-refractivity contribution >= 4 is 18.1 Å². The van der Waals surface area contributed by atoms with Crippen molar-refractivity contribution in [2.45, 2.75) is 32.4 Å². The smallest absolute Gasteiger partial charge is 0.408 e. The van der Waals surface area contributed by atoms with Crippen molar-refractivity contribution in [2.24, 2.45) is 0 Å². The topological polar surface area (TPSA) is 98.5 Å². The standard InChI is InChI=1S/C13H14F2N2O5/c1-13(2,3)22-12(19)16-10(6-18)7-4-8(14)9(15)5-11(7)17(20)21/h4-6,10H,1-3H3,(H,16,19). The number of benzene rings is 1. The van der Waals surface area contributed by atoms with Crippen molar-refractivity contribution in [3.63, 3.8) is 0 Å². The van der Waals surface area contributed by atoms with Crippen molar-refractivity contribution in [3.05, 3.63) is 39.4 Å². The van der Waals surface area contributed by atoms with Gasteiger partial charge in [-0.2, -0.15) is 0 Å². The van der Waals surface area contributed by atoms with Crippen LogP contribution in [0.5, 0.6) is 0 Å². The minimum atomic E-state index is -1.55. The molecule has 1 N–H and O–H groups in total. The van der Waals surface area contributed by atoms with Gasteiger partial charge in [0.25, 0.3) is 5.69 Å². The van der Waals surface area contributed by atoms with E-state index in [2.05, 4.69) is 5.32 Å². The van der Waals surface area contributed by atoms with Gasteiger partial charge in [-0.25, -0.2) is 13.6 Å². The zero-order valence-electron chi connectivity index (χ0n) is 12.1. The van der Waals surface area contributed by atoms with Gasteiger partial charge < -0.3 is 14.8 Å². The van der Waals surface area contributed by atoms with Gasteiger partial charge in [-0.3, -0.25) is 10.1 Å². The van der Waals surface area contributed by atoms with Crippen LogP contribution >= 0.6 is 0 Å². The number of carbonyl (C=O) groups is 2. The molecule has 1 amide bonds. The third-order valence-corrected chi connectivity index (χ3v) is 2.41. The SMILES string of the molecule is CC(C)(C)OC(=O)NC(C=O)c1cc(F)c(F)cc1[N+](=O)[O-]. The predicted octanol–water partition coefficient (Wildman–Crippen LogP) is 2.64. The van der Waals surface area contributed by atoms with E-state index in [1.54, 1.807) is 20.8 Å². The number of amides is 1. The monoisotopic (exact) mass is 316 g/mol. The summed E-state index contributed by atoms with van der Waals surface area (Å²) in [5, 5.41) is 12.9. The summed E-state index contributed by atoms with van der Waals surface area (Å²) in [4.78, 5) is 32.6. The molecule has 7 nitrogen and oxygen atoms in total. The summed E-state index contributed by atoms with van der Waals surface area (Å²) in [6.07, 6.45) is -0.868. The van der Waals surface area contributed by atoms with Gasteiger partial charge in [-0.05, 0) is 26.8 Å². The minimum Gasteiger partial charge on any atom is -0.444 e. The van der Waals surface area contributed by atoms with E-state index in [1.807, 2.05) is 0 Å². The Morgan fingerprint density at radius 2 is 1.91 bits per heavy atom. The lowest BCUT2D eigenvalue weighted by Crippen LogP contribution is -2.35. The van der Waals surface area contributed by atoms with Crippen LogP contribution < -0.4 is 5.32 Å². The Kier molecular flexibility index (Phi) is 5.13. The first kappa shape index (κ1) is 17.5. The molecule has 0 aliphatic rings. The first-order valence-electron chi connectivity index (χ1n) is 6.13. The molecule has 1 unspecified atom stereocenters. The number of nitro groups is 1. The maximum Gasteiger partial charge on any atom is 0.408 e. The molecule has 0 aliphatic heterocycles. The molecule has 22 heavy (non-hydrogen) atoms. The highest BCUT2D eigenvalue weighted by atomic mass is 19.2. The van der Waals surface area contributed by atoms with Crippen LogP contribution in [0.2, 0.25) is 0 Å². The van der Waals surface area contributed by atoms with E-state index < -0.39 is 45.5 Å². The zero-order valence-corrected chi connectivity index (χ0v) is 12.1. The average molecular weight is 316 g/mol. The molecule has 0 fully saturated rings. The number of carbonyl (C=O) groups excluding carboxylic acids is 2. The Bertz CT molecular complexity index is 613. The van der Waals surface area contributed by atoms with Crippen LogP contribution in [-0.2, 0) is 9.53 Å². The predicted molar refractivity (Wildman–Crippen MR) is 71.2 cm³/mol. The third-order valence-electron chi connectivity index (χ3n) is 2.41. The van der Waals surface area contributed by atoms with Crippen molar-refractivity contribution in [1.82, 2.24) is 5.32 Å². The lowest BCUT2D eigenvalue weighted by molar-refractivity contribution is -0.385. The fraction of sp³-hybridized carbons (Fsp3) is 0.385. The third kappa shape index (κ3) is 4.47. The molecule has 1 aromatic carbocycles. The molecule has 120 valence electrons. The highest BCUT2D eigenvalue weighted by Crippen LogP contribution is 2.27. The van der Waals surface area contributed by atoms with Crippen LogP contribution in [-0.4, -0.2) is 22.9 Å². The van der Waals surface area contributed by atoms with Crippen molar-refractivity contribution < 1.29 is 28.0 Å². The van der Waals surface area contributed by atoms with Gasteiger partial charge in [0.2, 0.25) is 0 Å². The summed E-state index contributed by atoms with van der Waals surface area (Å²) in [7, 11) is 0. The van der Waals surface area contributed by atoms with Crippen LogP contribution in [0.15, 0.2) is 12.1 Å².